The summed E-state index contributed by atoms with van der Waals surface area (Å²) in [7, 11) is 3.21. The number of esters is 1. The summed E-state index contributed by atoms with van der Waals surface area (Å²) in [5.74, 6) is 1.17. The highest BCUT2D eigenvalue weighted by Gasteiger charge is 2.24. The van der Waals surface area contributed by atoms with Gasteiger partial charge < -0.3 is 14.2 Å². The molecule has 0 N–H and O–H groups in total. The van der Waals surface area contributed by atoms with Crippen LogP contribution in [0.4, 0.5) is 0 Å². The number of fused-ring (bicyclic) bond motifs is 1. The number of ether oxygens (including phenoxy) is 3. The van der Waals surface area contributed by atoms with Crippen LogP contribution in [0.5, 0.6) is 11.5 Å². The average molecular weight is 294 g/mol. The minimum absolute atomic E-state index is 0.176. The molecule has 20 heavy (non-hydrogen) atoms. The van der Waals surface area contributed by atoms with E-state index in [2.05, 4.69) is 0 Å². The van der Waals surface area contributed by atoms with Gasteiger partial charge in [-0.1, -0.05) is 12.2 Å². The number of hydrogen-bond acceptors (Lipinski definition) is 5. The van der Waals surface area contributed by atoms with Crippen molar-refractivity contribution in [1.82, 2.24) is 0 Å². The van der Waals surface area contributed by atoms with Crippen molar-refractivity contribution in [3.63, 3.8) is 0 Å². The summed E-state index contributed by atoms with van der Waals surface area (Å²) >= 11 is 1.50. The molecule has 0 saturated carbocycles. The highest BCUT2D eigenvalue weighted by molar-refractivity contribution is 8.00. The number of carbonyl (C=O) groups is 1. The van der Waals surface area contributed by atoms with Crippen molar-refractivity contribution in [2.45, 2.75) is 23.5 Å². The predicted molar refractivity (Wildman–Crippen MR) is 79.5 cm³/mol. The molecule has 5 heteroatoms. The summed E-state index contributed by atoms with van der Waals surface area (Å²) in [4.78, 5) is 12.9. The maximum atomic E-state index is 11.9. The van der Waals surface area contributed by atoms with Crippen molar-refractivity contribution in [2.24, 2.45) is 0 Å². The molecule has 1 aliphatic rings. The van der Waals surface area contributed by atoms with Crippen LogP contribution in [0, 0.1) is 0 Å². The number of rotatable bonds is 4. The first-order chi connectivity index (χ1) is 9.69. The van der Waals surface area contributed by atoms with Crippen LogP contribution in [0.3, 0.4) is 0 Å². The van der Waals surface area contributed by atoms with Gasteiger partial charge >= 0.3 is 5.97 Å². The van der Waals surface area contributed by atoms with Crippen LogP contribution in [0.2, 0.25) is 0 Å². The lowest BCUT2D eigenvalue weighted by Crippen LogP contribution is -2.19. The Kier molecular flexibility index (Phi) is 4.95. The van der Waals surface area contributed by atoms with Crippen molar-refractivity contribution < 1.29 is 19.0 Å². The van der Waals surface area contributed by atoms with E-state index in [0.29, 0.717) is 24.5 Å². The molecule has 0 aromatic heterocycles. The fraction of sp³-hybridized carbons (Fsp3) is 0.400. The van der Waals surface area contributed by atoms with E-state index in [0.717, 1.165) is 10.5 Å². The number of carbonyl (C=O) groups excluding carboxylic acids is 1. The summed E-state index contributed by atoms with van der Waals surface area (Å²) < 4.78 is 15.7. The largest absolute Gasteiger partial charge is 0.493 e. The van der Waals surface area contributed by atoms with Gasteiger partial charge in [-0.15, -0.1) is 11.8 Å². The minimum atomic E-state index is -0.217. The monoisotopic (exact) mass is 294 g/mol. The second-order valence-corrected chi connectivity index (χ2v) is 5.49. The third kappa shape index (κ3) is 3.10. The van der Waals surface area contributed by atoms with Crippen LogP contribution >= 0.6 is 11.8 Å². The average Bonchev–Trinajstić information content (AvgIpc) is 2.67. The summed E-state index contributed by atoms with van der Waals surface area (Å²) in [5, 5.41) is -0.217. The zero-order chi connectivity index (χ0) is 14.5. The van der Waals surface area contributed by atoms with Crippen molar-refractivity contribution >= 4 is 23.8 Å². The molecule has 2 rings (SSSR count). The highest BCUT2D eigenvalue weighted by atomic mass is 32.2. The Morgan fingerprint density at radius 2 is 2.00 bits per heavy atom. The van der Waals surface area contributed by atoms with Crippen LogP contribution in [-0.4, -0.2) is 32.0 Å². The highest BCUT2D eigenvalue weighted by Crippen LogP contribution is 2.40. The lowest BCUT2D eigenvalue weighted by molar-refractivity contribution is -0.142. The van der Waals surface area contributed by atoms with Crippen molar-refractivity contribution in [2.75, 3.05) is 20.8 Å². The van der Waals surface area contributed by atoms with Crippen molar-refractivity contribution in [3.05, 3.63) is 23.8 Å². The molecule has 1 unspecified atom stereocenters. The maximum absolute atomic E-state index is 11.9. The Morgan fingerprint density at radius 3 is 2.65 bits per heavy atom. The van der Waals surface area contributed by atoms with E-state index in [-0.39, 0.29) is 11.2 Å². The molecule has 1 aliphatic heterocycles. The zero-order valence-electron chi connectivity index (χ0n) is 11.8. The van der Waals surface area contributed by atoms with E-state index in [1.807, 2.05) is 31.2 Å². The summed E-state index contributed by atoms with van der Waals surface area (Å²) in [6.45, 7) is 2.22. The third-order valence-corrected chi connectivity index (χ3v) is 4.26. The number of methoxy groups -OCH3 is 2. The van der Waals surface area contributed by atoms with E-state index < -0.39 is 0 Å². The molecule has 1 aromatic carbocycles. The molecule has 1 atom stereocenters. The fourth-order valence-electron chi connectivity index (χ4n) is 2.01. The van der Waals surface area contributed by atoms with E-state index in [9.17, 15) is 4.79 Å². The molecule has 0 aliphatic carbocycles. The molecule has 4 nitrogen and oxygen atoms in total. The molecule has 0 fully saturated rings. The van der Waals surface area contributed by atoms with Crippen LogP contribution in [-0.2, 0) is 9.53 Å². The lowest BCUT2D eigenvalue weighted by Gasteiger charge is -2.15. The van der Waals surface area contributed by atoms with Gasteiger partial charge in [0.15, 0.2) is 11.5 Å². The van der Waals surface area contributed by atoms with E-state index in [1.54, 1.807) is 14.2 Å². The Morgan fingerprint density at radius 1 is 1.30 bits per heavy atom. The molecule has 1 aromatic rings. The summed E-state index contributed by atoms with van der Waals surface area (Å²) in [6, 6.07) is 3.83. The smallest absolute Gasteiger partial charge is 0.319 e. The van der Waals surface area contributed by atoms with Gasteiger partial charge in [0, 0.05) is 4.90 Å². The Bertz CT molecular complexity index is 525. The van der Waals surface area contributed by atoms with Gasteiger partial charge in [0.25, 0.3) is 0 Å². The quantitative estimate of drug-likeness (QED) is 0.798. The maximum Gasteiger partial charge on any atom is 0.319 e. The first-order valence-electron chi connectivity index (χ1n) is 6.45. The Labute approximate surface area is 123 Å². The van der Waals surface area contributed by atoms with Gasteiger partial charge in [-0.05, 0) is 31.0 Å². The topological polar surface area (TPSA) is 44.8 Å². The van der Waals surface area contributed by atoms with Crippen LogP contribution in [0.1, 0.15) is 18.9 Å². The van der Waals surface area contributed by atoms with Crippen LogP contribution < -0.4 is 9.47 Å². The Balaban J connectivity index is 2.32. The predicted octanol–water partition coefficient (Wildman–Crippen LogP) is 3.14. The molecule has 0 saturated heterocycles. The zero-order valence-corrected chi connectivity index (χ0v) is 12.7. The Hall–Kier alpha value is -1.62. The van der Waals surface area contributed by atoms with Crippen LogP contribution in [0.15, 0.2) is 23.1 Å². The van der Waals surface area contributed by atoms with Gasteiger partial charge in [-0.25, -0.2) is 0 Å². The van der Waals surface area contributed by atoms with Gasteiger partial charge in [-0.2, -0.15) is 0 Å². The normalized spacial score (nSPS) is 17.1. The molecular weight excluding hydrogens is 276 g/mol. The summed E-state index contributed by atoms with van der Waals surface area (Å²) in [5.41, 5.74) is 1.03. The molecule has 0 amide bonds. The second-order valence-electron chi connectivity index (χ2n) is 4.24. The van der Waals surface area contributed by atoms with Crippen LogP contribution in [0.25, 0.3) is 6.08 Å². The molecule has 0 spiro atoms. The molecule has 1 heterocycles. The summed E-state index contributed by atoms with van der Waals surface area (Å²) in [6.07, 6.45) is 4.65. The first-order valence-corrected chi connectivity index (χ1v) is 7.33. The molecule has 0 radical (unpaired) electrons. The third-order valence-electron chi connectivity index (χ3n) is 2.98. The first kappa shape index (κ1) is 14.8. The van der Waals surface area contributed by atoms with E-state index in [4.69, 9.17) is 14.2 Å². The number of allylic oxidation sites excluding steroid dienone is 1. The fourth-order valence-corrected chi connectivity index (χ4v) is 3.12. The van der Waals surface area contributed by atoms with Gasteiger partial charge in [0.2, 0.25) is 0 Å². The number of thioether (sulfide) groups is 1. The van der Waals surface area contributed by atoms with Gasteiger partial charge in [0.05, 0.1) is 20.8 Å². The second kappa shape index (κ2) is 6.70. The number of hydrogen-bond donors (Lipinski definition) is 0. The molecule has 0 bridgehead atoms. The number of benzene rings is 1. The standard InChI is InChI=1S/C15H18O4S/c1-4-19-15(16)13-7-5-6-10-8-11(17-2)12(18-3)9-14(10)20-13/h5-6,8-9,13H,4,7H2,1-3H3. The SMILES string of the molecule is CCOC(=O)C1CC=Cc2cc(OC)c(OC)cc2S1. The van der Waals surface area contributed by atoms with Gasteiger partial charge in [0.1, 0.15) is 5.25 Å². The van der Waals surface area contributed by atoms with E-state index >= 15 is 0 Å². The molecule has 108 valence electrons. The van der Waals surface area contributed by atoms with Crippen molar-refractivity contribution in [1.29, 1.82) is 0 Å². The minimum Gasteiger partial charge on any atom is -0.493 e. The van der Waals surface area contributed by atoms with E-state index in [1.165, 1.54) is 11.8 Å². The van der Waals surface area contributed by atoms with Crippen molar-refractivity contribution in [3.8, 4) is 11.5 Å². The lowest BCUT2D eigenvalue weighted by atomic mass is 10.1. The molecular formula is C15H18O4S. The van der Waals surface area contributed by atoms with Gasteiger partial charge in [-0.3, -0.25) is 4.79 Å².